The molecule has 1 aromatic rings. The van der Waals surface area contributed by atoms with Gasteiger partial charge in [-0.1, -0.05) is 0 Å². The van der Waals surface area contributed by atoms with Gasteiger partial charge in [-0.2, -0.15) is 0 Å². The molecule has 1 amide bonds. The highest BCUT2D eigenvalue weighted by molar-refractivity contribution is 5.84. The molecule has 1 fully saturated rings. The highest BCUT2D eigenvalue weighted by Gasteiger charge is 2.27. The fourth-order valence-electron chi connectivity index (χ4n) is 1.76. The molecule has 4 N–H and O–H groups in total. The standard InChI is InChI=1S/C10H14N4O2/c11-9-5-7(1-2-13-9)14-3-4-16-6-8(14)10(12)15/h1-2,5,8H,3-4,6H2,(H2,11,13)(H2,12,15). The van der Waals surface area contributed by atoms with E-state index in [1.54, 1.807) is 18.3 Å². The lowest BCUT2D eigenvalue weighted by Gasteiger charge is -2.35. The van der Waals surface area contributed by atoms with Gasteiger partial charge in [-0.25, -0.2) is 4.98 Å². The zero-order chi connectivity index (χ0) is 11.5. The number of rotatable bonds is 2. The van der Waals surface area contributed by atoms with Crippen molar-refractivity contribution in [3.8, 4) is 0 Å². The van der Waals surface area contributed by atoms with Gasteiger partial charge in [0.05, 0.1) is 13.2 Å². The maximum absolute atomic E-state index is 11.3. The van der Waals surface area contributed by atoms with E-state index >= 15 is 0 Å². The van der Waals surface area contributed by atoms with Crippen LogP contribution in [0.15, 0.2) is 18.3 Å². The van der Waals surface area contributed by atoms with E-state index in [1.807, 2.05) is 4.90 Å². The number of pyridine rings is 1. The quantitative estimate of drug-likeness (QED) is 0.693. The van der Waals surface area contributed by atoms with Gasteiger partial charge in [0.25, 0.3) is 0 Å². The maximum atomic E-state index is 11.3. The Labute approximate surface area is 93.2 Å². The summed E-state index contributed by atoms with van der Waals surface area (Å²) in [6, 6.07) is 3.09. The number of aromatic nitrogens is 1. The van der Waals surface area contributed by atoms with E-state index in [1.165, 1.54) is 0 Å². The molecule has 1 aliphatic rings. The summed E-state index contributed by atoms with van der Waals surface area (Å²) in [7, 11) is 0. The topological polar surface area (TPSA) is 94.5 Å². The summed E-state index contributed by atoms with van der Waals surface area (Å²) in [6.07, 6.45) is 1.61. The van der Waals surface area contributed by atoms with Crippen molar-refractivity contribution in [2.45, 2.75) is 6.04 Å². The van der Waals surface area contributed by atoms with Crippen LogP contribution in [-0.2, 0) is 9.53 Å². The molecule has 0 spiro atoms. The molecule has 1 aliphatic heterocycles. The number of ether oxygens (including phenoxy) is 1. The van der Waals surface area contributed by atoms with Gasteiger partial charge < -0.3 is 21.1 Å². The maximum Gasteiger partial charge on any atom is 0.242 e. The zero-order valence-corrected chi connectivity index (χ0v) is 8.80. The number of carbonyl (C=O) groups excluding carboxylic acids is 1. The molecule has 6 heteroatoms. The molecule has 0 radical (unpaired) electrons. The van der Waals surface area contributed by atoms with Crippen molar-refractivity contribution in [1.82, 2.24) is 4.98 Å². The van der Waals surface area contributed by atoms with Crippen molar-refractivity contribution in [2.24, 2.45) is 5.73 Å². The molecule has 0 aromatic carbocycles. The van der Waals surface area contributed by atoms with E-state index in [0.717, 1.165) is 5.69 Å². The van der Waals surface area contributed by atoms with Gasteiger partial charge in [0, 0.05) is 24.5 Å². The van der Waals surface area contributed by atoms with Gasteiger partial charge in [0.15, 0.2) is 0 Å². The first-order valence-electron chi connectivity index (χ1n) is 5.03. The second-order valence-electron chi connectivity index (χ2n) is 3.63. The van der Waals surface area contributed by atoms with Crippen LogP contribution in [0.2, 0.25) is 0 Å². The molecular formula is C10H14N4O2. The summed E-state index contributed by atoms with van der Waals surface area (Å²) >= 11 is 0. The number of hydrogen-bond acceptors (Lipinski definition) is 5. The van der Waals surface area contributed by atoms with Crippen LogP contribution in [0, 0.1) is 0 Å². The van der Waals surface area contributed by atoms with Gasteiger partial charge in [0.2, 0.25) is 5.91 Å². The van der Waals surface area contributed by atoms with Crippen molar-refractivity contribution < 1.29 is 9.53 Å². The molecule has 1 atom stereocenters. The molecule has 0 saturated carbocycles. The van der Waals surface area contributed by atoms with Gasteiger partial charge in [-0.05, 0) is 6.07 Å². The van der Waals surface area contributed by atoms with Crippen LogP contribution >= 0.6 is 0 Å². The van der Waals surface area contributed by atoms with Gasteiger partial charge >= 0.3 is 0 Å². The lowest BCUT2D eigenvalue weighted by molar-refractivity contribution is -0.121. The van der Waals surface area contributed by atoms with Crippen molar-refractivity contribution in [3.05, 3.63) is 18.3 Å². The molecular weight excluding hydrogens is 208 g/mol. The third-order valence-corrected chi connectivity index (χ3v) is 2.55. The largest absolute Gasteiger partial charge is 0.384 e. The third-order valence-electron chi connectivity index (χ3n) is 2.55. The Bertz CT molecular complexity index is 396. The number of morpholine rings is 1. The Balaban J connectivity index is 2.26. The molecule has 1 unspecified atom stereocenters. The molecule has 16 heavy (non-hydrogen) atoms. The Kier molecular flexibility index (Phi) is 2.91. The zero-order valence-electron chi connectivity index (χ0n) is 8.80. The summed E-state index contributed by atoms with van der Waals surface area (Å²) in [5.74, 6) is 0.0299. The highest BCUT2D eigenvalue weighted by Crippen LogP contribution is 2.20. The number of hydrogen-bond donors (Lipinski definition) is 2. The highest BCUT2D eigenvalue weighted by atomic mass is 16.5. The molecule has 86 valence electrons. The predicted molar refractivity (Wildman–Crippen MR) is 59.8 cm³/mol. The minimum Gasteiger partial charge on any atom is -0.384 e. The third kappa shape index (κ3) is 2.06. The van der Waals surface area contributed by atoms with Crippen LogP contribution in [0.4, 0.5) is 11.5 Å². The van der Waals surface area contributed by atoms with Gasteiger partial charge in [0.1, 0.15) is 11.9 Å². The molecule has 0 aliphatic carbocycles. The van der Waals surface area contributed by atoms with Crippen LogP contribution < -0.4 is 16.4 Å². The second-order valence-corrected chi connectivity index (χ2v) is 3.63. The number of amides is 1. The first-order chi connectivity index (χ1) is 7.68. The van der Waals surface area contributed by atoms with Gasteiger partial charge in [-0.3, -0.25) is 4.79 Å². The second kappa shape index (κ2) is 4.36. The fraction of sp³-hybridized carbons (Fsp3) is 0.400. The van der Waals surface area contributed by atoms with Crippen LogP contribution in [0.1, 0.15) is 0 Å². The SMILES string of the molecule is NC(=O)C1COCCN1c1ccnc(N)c1. The van der Waals surface area contributed by atoms with E-state index in [0.29, 0.717) is 25.6 Å². The summed E-state index contributed by atoms with van der Waals surface area (Å²) in [5.41, 5.74) is 11.8. The van der Waals surface area contributed by atoms with Crippen LogP contribution in [0.25, 0.3) is 0 Å². The van der Waals surface area contributed by atoms with E-state index in [9.17, 15) is 4.79 Å². The van der Waals surface area contributed by atoms with Crippen molar-refractivity contribution in [2.75, 3.05) is 30.4 Å². The first-order valence-corrected chi connectivity index (χ1v) is 5.03. The molecule has 2 rings (SSSR count). The molecule has 1 aromatic heterocycles. The first kappa shape index (κ1) is 10.7. The minimum absolute atomic E-state index is 0.317. The van der Waals surface area contributed by atoms with Crippen LogP contribution in [-0.4, -0.2) is 36.7 Å². The summed E-state index contributed by atoms with van der Waals surface area (Å²) < 4.78 is 5.24. The van der Waals surface area contributed by atoms with E-state index in [4.69, 9.17) is 16.2 Å². The lowest BCUT2D eigenvalue weighted by Crippen LogP contribution is -2.52. The van der Waals surface area contributed by atoms with Crippen LogP contribution in [0.5, 0.6) is 0 Å². The summed E-state index contributed by atoms with van der Waals surface area (Å²) in [4.78, 5) is 17.1. The Morgan fingerprint density at radius 3 is 3.12 bits per heavy atom. The number of nitrogens with two attached hydrogens (primary N) is 2. The Morgan fingerprint density at radius 2 is 2.44 bits per heavy atom. The van der Waals surface area contributed by atoms with E-state index in [2.05, 4.69) is 4.98 Å². The average Bonchev–Trinajstić information content (AvgIpc) is 2.29. The minimum atomic E-state index is -0.435. The molecule has 1 saturated heterocycles. The smallest absolute Gasteiger partial charge is 0.242 e. The van der Waals surface area contributed by atoms with Crippen molar-refractivity contribution in [3.63, 3.8) is 0 Å². The Morgan fingerprint density at radius 1 is 1.62 bits per heavy atom. The number of nitrogens with zero attached hydrogens (tertiary/aromatic N) is 2. The molecule has 0 bridgehead atoms. The van der Waals surface area contributed by atoms with Gasteiger partial charge in [-0.15, -0.1) is 0 Å². The van der Waals surface area contributed by atoms with Crippen molar-refractivity contribution >= 4 is 17.4 Å². The monoisotopic (exact) mass is 222 g/mol. The summed E-state index contributed by atoms with van der Waals surface area (Å²) in [6.45, 7) is 1.51. The van der Waals surface area contributed by atoms with E-state index in [-0.39, 0.29) is 0 Å². The number of anilines is 2. The van der Waals surface area contributed by atoms with Crippen LogP contribution in [0.3, 0.4) is 0 Å². The predicted octanol–water partition coefficient (Wildman–Crippen LogP) is -0.646. The summed E-state index contributed by atoms with van der Waals surface area (Å²) in [5, 5.41) is 0. The number of nitrogen functional groups attached to an aromatic ring is 1. The van der Waals surface area contributed by atoms with Crippen molar-refractivity contribution in [1.29, 1.82) is 0 Å². The lowest BCUT2D eigenvalue weighted by atomic mass is 10.2. The fourth-order valence-corrected chi connectivity index (χ4v) is 1.76. The molecule has 6 nitrogen and oxygen atoms in total. The average molecular weight is 222 g/mol. The normalized spacial score (nSPS) is 20.8. The Hall–Kier alpha value is -1.82. The molecule has 2 heterocycles. The number of primary amides is 1. The number of carbonyl (C=O) groups is 1. The van der Waals surface area contributed by atoms with E-state index < -0.39 is 11.9 Å².